The molecule has 1 N–H and O–H groups in total. The Hall–Kier alpha value is -0.800. The first-order valence-electron chi connectivity index (χ1n) is 7.37. The van der Waals surface area contributed by atoms with Crippen LogP contribution in [0.25, 0.3) is 0 Å². The van der Waals surface area contributed by atoms with Crippen LogP contribution in [0.4, 0.5) is 0 Å². The van der Waals surface area contributed by atoms with Crippen molar-refractivity contribution in [2.24, 2.45) is 5.92 Å². The van der Waals surface area contributed by atoms with Crippen LogP contribution in [0.1, 0.15) is 51.9 Å². The predicted molar refractivity (Wildman–Crippen MR) is 79.0 cm³/mol. The van der Waals surface area contributed by atoms with Gasteiger partial charge in [0.15, 0.2) is 0 Å². The van der Waals surface area contributed by atoms with E-state index in [-0.39, 0.29) is 5.54 Å². The van der Waals surface area contributed by atoms with Crippen LogP contribution in [0.2, 0.25) is 0 Å². The van der Waals surface area contributed by atoms with Crippen LogP contribution in [-0.2, 0) is 13.1 Å². The van der Waals surface area contributed by atoms with Gasteiger partial charge in [0.05, 0.1) is 12.8 Å². The Kier molecular flexibility index (Phi) is 4.36. The molecule has 1 saturated carbocycles. The molecule has 3 nitrogen and oxygen atoms in total. The molecule has 0 aromatic carbocycles. The Balaban J connectivity index is 1.91. The van der Waals surface area contributed by atoms with Gasteiger partial charge < -0.3 is 9.73 Å². The van der Waals surface area contributed by atoms with Gasteiger partial charge in [-0.2, -0.15) is 0 Å². The molecule has 0 bridgehead atoms. The minimum atomic E-state index is 0.122. The van der Waals surface area contributed by atoms with Crippen LogP contribution in [0.15, 0.2) is 16.7 Å². The molecule has 0 spiro atoms. The van der Waals surface area contributed by atoms with Gasteiger partial charge in [0, 0.05) is 23.7 Å². The molecule has 1 heterocycles. The van der Waals surface area contributed by atoms with Crippen molar-refractivity contribution in [3.05, 3.63) is 23.7 Å². The zero-order chi connectivity index (χ0) is 14.0. The summed E-state index contributed by atoms with van der Waals surface area (Å²) in [6, 6.07) is 2.79. The molecule has 3 heteroatoms. The van der Waals surface area contributed by atoms with E-state index in [4.69, 9.17) is 4.42 Å². The Labute approximate surface area is 117 Å². The number of nitrogens with one attached hydrogen (secondary N) is 1. The highest BCUT2D eigenvalue weighted by Gasteiger charge is 2.30. The highest BCUT2D eigenvalue weighted by atomic mass is 16.3. The molecule has 1 aliphatic carbocycles. The normalized spacial score (nSPS) is 18.0. The Morgan fingerprint density at radius 1 is 1.42 bits per heavy atom. The lowest BCUT2D eigenvalue weighted by Gasteiger charge is -2.25. The van der Waals surface area contributed by atoms with E-state index in [2.05, 4.69) is 51.0 Å². The Bertz CT molecular complexity index is 401. The lowest BCUT2D eigenvalue weighted by Crippen LogP contribution is -2.35. The van der Waals surface area contributed by atoms with Gasteiger partial charge >= 0.3 is 0 Å². The number of hydrogen-bond donors (Lipinski definition) is 1. The number of furan rings is 1. The van der Waals surface area contributed by atoms with E-state index in [1.165, 1.54) is 18.4 Å². The van der Waals surface area contributed by atoms with Gasteiger partial charge in [-0.15, -0.1) is 0 Å². The second-order valence-electron chi connectivity index (χ2n) is 6.97. The number of hydrogen-bond acceptors (Lipinski definition) is 3. The van der Waals surface area contributed by atoms with Crippen LogP contribution >= 0.6 is 0 Å². The smallest absolute Gasteiger partial charge is 0.122 e. The molecule has 0 saturated heterocycles. The van der Waals surface area contributed by atoms with Crippen LogP contribution < -0.4 is 5.32 Å². The molecule has 0 amide bonds. The number of rotatable bonds is 6. The summed E-state index contributed by atoms with van der Waals surface area (Å²) in [5.41, 5.74) is 1.43. The topological polar surface area (TPSA) is 28.4 Å². The van der Waals surface area contributed by atoms with Gasteiger partial charge in [-0.1, -0.05) is 0 Å². The van der Waals surface area contributed by atoms with Crippen LogP contribution in [0.5, 0.6) is 0 Å². The van der Waals surface area contributed by atoms with Gasteiger partial charge in [-0.3, -0.25) is 4.90 Å². The molecule has 0 aliphatic heterocycles. The molecular weight excluding hydrogens is 236 g/mol. The van der Waals surface area contributed by atoms with Crippen LogP contribution in [-0.4, -0.2) is 23.5 Å². The minimum absolute atomic E-state index is 0.122. The third kappa shape index (κ3) is 4.36. The fraction of sp³-hybridized carbons (Fsp3) is 0.750. The van der Waals surface area contributed by atoms with Crippen molar-refractivity contribution >= 4 is 0 Å². The molecule has 0 radical (unpaired) electrons. The molecule has 1 aliphatic rings. The van der Waals surface area contributed by atoms with Gasteiger partial charge in [0.25, 0.3) is 0 Å². The molecule has 108 valence electrons. The molecule has 19 heavy (non-hydrogen) atoms. The van der Waals surface area contributed by atoms with E-state index in [0.717, 1.165) is 24.8 Å². The first kappa shape index (κ1) is 14.6. The Morgan fingerprint density at radius 3 is 2.68 bits per heavy atom. The largest absolute Gasteiger partial charge is 0.468 e. The number of nitrogens with zero attached hydrogens (tertiary/aromatic N) is 1. The molecule has 1 atom stereocenters. The van der Waals surface area contributed by atoms with Crippen molar-refractivity contribution in [1.82, 2.24) is 10.2 Å². The first-order valence-corrected chi connectivity index (χ1v) is 7.37. The third-order valence-corrected chi connectivity index (χ3v) is 4.04. The van der Waals surface area contributed by atoms with Gasteiger partial charge in [-0.05, 0) is 59.6 Å². The van der Waals surface area contributed by atoms with Gasteiger partial charge in [0.2, 0.25) is 0 Å². The monoisotopic (exact) mass is 264 g/mol. The van der Waals surface area contributed by atoms with Crippen molar-refractivity contribution in [2.45, 2.75) is 65.2 Å². The van der Waals surface area contributed by atoms with E-state index >= 15 is 0 Å². The highest BCUT2D eigenvalue weighted by Crippen LogP contribution is 2.35. The summed E-state index contributed by atoms with van der Waals surface area (Å²) in [5, 5.41) is 3.49. The summed E-state index contributed by atoms with van der Waals surface area (Å²) < 4.78 is 5.63. The lowest BCUT2D eigenvalue weighted by molar-refractivity contribution is 0.224. The average Bonchev–Trinajstić information content (AvgIpc) is 3.07. The standard InChI is InChI=1S/C16H28N2O/c1-12(13-6-7-13)18(5)11-14-8-9-19-15(14)10-17-16(2,3)4/h8-9,12-13,17H,6-7,10-11H2,1-5H3. The lowest BCUT2D eigenvalue weighted by atomic mass is 10.1. The fourth-order valence-corrected chi connectivity index (χ4v) is 2.36. The predicted octanol–water partition coefficient (Wildman–Crippen LogP) is 3.40. The van der Waals surface area contributed by atoms with Gasteiger partial charge in [-0.25, -0.2) is 0 Å². The van der Waals surface area contributed by atoms with E-state index in [9.17, 15) is 0 Å². The summed E-state index contributed by atoms with van der Waals surface area (Å²) >= 11 is 0. The quantitative estimate of drug-likeness (QED) is 0.853. The van der Waals surface area contributed by atoms with Gasteiger partial charge in [0.1, 0.15) is 5.76 Å². The maximum Gasteiger partial charge on any atom is 0.122 e. The maximum atomic E-state index is 5.63. The zero-order valence-corrected chi connectivity index (χ0v) is 13.0. The van der Waals surface area contributed by atoms with Crippen molar-refractivity contribution < 1.29 is 4.42 Å². The molecule has 1 unspecified atom stereocenters. The van der Waals surface area contributed by atoms with Crippen molar-refractivity contribution in [1.29, 1.82) is 0 Å². The molecule has 1 aromatic rings. The second-order valence-corrected chi connectivity index (χ2v) is 6.97. The summed E-state index contributed by atoms with van der Waals surface area (Å²) in [6.45, 7) is 10.7. The fourth-order valence-electron chi connectivity index (χ4n) is 2.36. The Morgan fingerprint density at radius 2 is 2.11 bits per heavy atom. The summed E-state index contributed by atoms with van der Waals surface area (Å²) in [7, 11) is 2.22. The summed E-state index contributed by atoms with van der Waals surface area (Å²) in [6.07, 6.45) is 4.61. The SMILES string of the molecule is CC(C1CC1)N(C)Cc1ccoc1CNC(C)(C)C. The van der Waals surface area contributed by atoms with Crippen LogP contribution in [0, 0.1) is 5.92 Å². The van der Waals surface area contributed by atoms with E-state index in [0.29, 0.717) is 6.04 Å². The van der Waals surface area contributed by atoms with Crippen LogP contribution in [0.3, 0.4) is 0 Å². The van der Waals surface area contributed by atoms with Crippen molar-refractivity contribution in [3.63, 3.8) is 0 Å². The minimum Gasteiger partial charge on any atom is -0.468 e. The zero-order valence-electron chi connectivity index (χ0n) is 13.0. The molecule has 2 rings (SSSR count). The maximum absolute atomic E-state index is 5.63. The van der Waals surface area contributed by atoms with E-state index in [1.807, 2.05) is 6.26 Å². The first-order chi connectivity index (χ1) is 8.87. The van der Waals surface area contributed by atoms with E-state index in [1.54, 1.807) is 0 Å². The van der Waals surface area contributed by atoms with E-state index < -0.39 is 0 Å². The van der Waals surface area contributed by atoms with Crippen molar-refractivity contribution in [3.8, 4) is 0 Å². The third-order valence-electron chi connectivity index (χ3n) is 4.04. The molecule has 1 fully saturated rings. The summed E-state index contributed by atoms with van der Waals surface area (Å²) in [5.74, 6) is 1.98. The van der Waals surface area contributed by atoms with Crippen molar-refractivity contribution in [2.75, 3.05) is 7.05 Å². The second kappa shape index (κ2) is 5.68. The molecule has 1 aromatic heterocycles. The summed E-state index contributed by atoms with van der Waals surface area (Å²) in [4.78, 5) is 2.45. The average molecular weight is 264 g/mol. The highest BCUT2D eigenvalue weighted by molar-refractivity contribution is 5.17. The molecular formula is C16H28N2O.